The maximum atomic E-state index is 6.14. The van der Waals surface area contributed by atoms with E-state index in [1.807, 2.05) is 18.2 Å². The summed E-state index contributed by atoms with van der Waals surface area (Å²) in [4.78, 5) is 2.19. The molecule has 1 unspecified atom stereocenters. The van der Waals surface area contributed by atoms with E-state index in [4.69, 9.17) is 22.1 Å². The second kappa shape index (κ2) is 4.29. The first-order valence-corrected chi connectivity index (χ1v) is 5.42. The minimum Gasteiger partial charge on any atom is -0.397 e. The van der Waals surface area contributed by atoms with Crippen LogP contribution >= 0.6 is 11.6 Å². The van der Waals surface area contributed by atoms with Crippen molar-refractivity contribution in [1.29, 1.82) is 0 Å². The van der Waals surface area contributed by atoms with Crippen LogP contribution in [0.3, 0.4) is 0 Å². The number of para-hydroxylation sites is 1. The van der Waals surface area contributed by atoms with E-state index in [0.717, 1.165) is 30.9 Å². The summed E-state index contributed by atoms with van der Waals surface area (Å²) >= 11 is 6.14. The molecule has 1 saturated heterocycles. The van der Waals surface area contributed by atoms with Crippen LogP contribution in [0.15, 0.2) is 18.2 Å². The lowest BCUT2D eigenvalue weighted by atomic mass is 10.2. The van der Waals surface area contributed by atoms with Crippen molar-refractivity contribution in [2.45, 2.75) is 12.5 Å². The van der Waals surface area contributed by atoms with Crippen molar-refractivity contribution in [3.63, 3.8) is 0 Å². The monoisotopic (exact) mass is 226 g/mol. The van der Waals surface area contributed by atoms with Crippen molar-refractivity contribution in [1.82, 2.24) is 0 Å². The van der Waals surface area contributed by atoms with Gasteiger partial charge < -0.3 is 15.4 Å². The molecular formula is C11H15ClN2O. The van der Waals surface area contributed by atoms with Crippen molar-refractivity contribution in [3.05, 3.63) is 23.2 Å². The maximum absolute atomic E-state index is 6.14. The number of nitrogen functional groups attached to an aromatic ring is 1. The molecule has 1 aliphatic rings. The average molecular weight is 227 g/mol. The molecule has 0 amide bonds. The number of hydrogen-bond acceptors (Lipinski definition) is 3. The number of rotatable bonds is 2. The largest absolute Gasteiger partial charge is 0.397 e. The maximum Gasteiger partial charge on any atom is 0.0790 e. The molecule has 1 atom stereocenters. The third-order valence-corrected chi connectivity index (χ3v) is 3.12. The van der Waals surface area contributed by atoms with E-state index in [0.29, 0.717) is 11.1 Å². The van der Waals surface area contributed by atoms with E-state index in [-0.39, 0.29) is 0 Å². The number of methoxy groups -OCH3 is 1. The Labute approximate surface area is 94.8 Å². The lowest BCUT2D eigenvalue weighted by Gasteiger charge is -2.21. The van der Waals surface area contributed by atoms with Crippen molar-refractivity contribution < 1.29 is 4.74 Å². The van der Waals surface area contributed by atoms with E-state index in [2.05, 4.69) is 4.90 Å². The molecule has 15 heavy (non-hydrogen) atoms. The summed E-state index contributed by atoms with van der Waals surface area (Å²) in [6.45, 7) is 1.82. The molecule has 1 aliphatic heterocycles. The Hall–Kier alpha value is -0.930. The van der Waals surface area contributed by atoms with Crippen LogP contribution in [0, 0.1) is 0 Å². The van der Waals surface area contributed by atoms with Gasteiger partial charge in [0.15, 0.2) is 0 Å². The first-order valence-electron chi connectivity index (χ1n) is 5.04. The van der Waals surface area contributed by atoms with Gasteiger partial charge in [-0.3, -0.25) is 0 Å². The van der Waals surface area contributed by atoms with Gasteiger partial charge in [0.25, 0.3) is 0 Å². The number of nitrogens with zero attached hydrogens (tertiary/aromatic N) is 1. The van der Waals surface area contributed by atoms with E-state index in [1.54, 1.807) is 7.11 Å². The van der Waals surface area contributed by atoms with Gasteiger partial charge >= 0.3 is 0 Å². The molecule has 0 spiro atoms. The van der Waals surface area contributed by atoms with Crippen molar-refractivity contribution in [2.75, 3.05) is 30.8 Å². The van der Waals surface area contributed by atoms with Gasteiger partial charge in [0.1, 0.15) is 0 Å². The van der Waals surface area contributed by atoms with Crippen LogP contribution in [-0.4, -0.2) is 26.3 Å². The van der Waals surface area contributed by atoms with Crippen molar-refractivity contribution in [2.24, 2.45) is 0 Å². The number of ether oxygens (including phenoxy) is 1. The molecule has 2 N–H and O–H groups in total. The molecule has 0 radical (unpaired) electrons. The standard InChI is InChI=1S/C11H15ClN2O/c1-15-8-5-6-14(7-8)11-9(12)3-2-4-10(11)13/h2-4,8H,5-7,13H2,1H3. The zero-order valence-corrected chi connectivity index (χ0v) is 9.50. The fraction of sp³-hybridized carbons (Fsp3) is 0.455. The minimum atomic E-state index is 0.292. The van der Waals surface area contributed by atoms with Crippen molar-refractivity contribution >= 4 is 23.0 Å². The molecular weight excluding hydrogens is 212 g/mol. The fourth-order valence-corrected chi connectivity index (χ4v) is 2.29. The highest BCUT2D eigenvalue weighted by Gasteiger charge is 2.24. The van der Waals surface area contributed by atoms with Crippen LogP contribution in [0.5, 0.6) is 0 Å². The zero-order valence-electron chi connectivity index (χ0n) is 8.74. The first-order chi connectivity index (χ1) is 7.22. The van der Waals surface area contributed by atoms with Gasteiger partial charge in [0.05, 0.1) is 22.5 Å². The molecule has 0 saturated carbocycles. The Kier molecular flexibility index (Phi) is 3.03. The Morgan fingerprint density at radius 3 is 2.93 bits per heavy atom. The summed E-state index contributed by atoms with van der Waals surface area (Å²) in [5, 5.41) is 0.715. The number of hydrogen-bond donors (Lipinski definition) is 1. The number of benzene rings is 1. The van der Waals surface area contributed by atoms with E-state index < -0.39 is 0 Å². The highest BCUT2D eigenvalue weighted by molar-refractivity contribution is 6.34. The molecule has 1 fully saturated rings. The van der Waals surface area contributed by atoms with Crippen LogP contribution in [-0.2, 0) is 4.74 Å². The van der Waals surface area contributed by atoms with Gasteiger partial charge in [-0.15, -0.1) is 0 Å². The second-order valence-electron chi connectivity index (χ2n) is 3.77. The normalized spacial score (nSPS) is 20.9. The molecule has 4 heteroatoms. The summed E-state index contributed by atoms with van der Waals surface area (Å²) in [5.74, 6) is 0. The van der Waals surface area contributed by atoms with Crippen molar-refractivity contribution in [3.8, 4) is 0 Å². The lowest BCUT2D eigenvalue weighted by Crippen LogP contribution is -2.23. The smallest absolute Gasteiger partial charge is 0.0790 e. The highest BCUT2D eigenvalue weighted by atomic mass is 35.5. The Morgan fingerprint density at radius 1 is 1.53 bits per heavy atom. The molecule has 1 heterocycles. The van der Waals surface area contributed by atoms with E-state index >= 15 is 0 Å². The fourth-order valence-electron chi connectivity index (χ4n) is 1.99. The summed E-state index contributed by atoms with van der Waals surface area (Å²) in [6, 6.07) is 5.61. The summed E-state index contributed by atoms with van der Waals surface area (Å²) in [6.07, 6.45) is 1.32. The van der Waals surface area contributed by atoms with Crippen LogP contribution in [0.4, 0.5) is 11.4 Å². The first kappa shape index (κ1) is 10.6. The van der Waals surface area contributed by atoms with Gasteiger partial charge in [-0.2, -0.15) is 0 Å². The molecule has 82 valence electrons. The molecule has 1 aromatic rings. The Balaban J connectivity index is 2.23. The minimum absolute atomic E-state index is 0.292. The van der Waals surface area contributed by atoms with Gasteiger partial charge in [-0.25, -0.2) is 0 Å². The van der Waals surface area contributed by atoms with Gasteiger partial charge in [0.2, 0.25) is 0 Å². The van der Waals surface area contributed by atoms with Gasteiger partial charge in [-0.05, 0) is 18.6 Å². The van der Waals surface area contributed by atoms with Gasteiger partial charge in [0, 0.05) is 20.2 Å². The average Bonchev–Trinajstić information content (AvgIpc) is 2.66. The molecule has 2 rings (SSSR count). The predicted octanol–water partition coefficient (Wildman–Crippen LogP) is 2.15. The van der Waals surface area contributed by atoms with E-state index in [1.165, 1.54) is 0 Å². The van der Waals surface area contributed by atoms with Crippen LogP contribution in [0.25, 0.3) is 0 Å². The molecule has 0 aromatic heterocycles. The summed E-state index contributed by atoms with van der Waals surface area (Å²) in [5.41, 5.74) is 7.60. The highest BCUT2D eigenvalue weighted by Crippen LogP contribution is 2.34. The third kappa shape index (κ3) is 2.03. The summed E-state index contributed by atoms with van der Waals surface area (Å²) < 4.78 is 5.32. The van der Waals surface area contributed by atoms with Gasteiger partial charge in [-0.1, -0.05) is 17.7 Å². The number of anilines is 2. The molecule has 1 aromatic carbocycles. The van der Waals surface area contributed by atoms with Crippen LogP contribution in [0.2, 0.25) is 5.02 Å². The zero-order chi connectivity index (χ0) is 10.8. The van der Waals surface area contributed by atoms with Crippen LogP contribution in [0.1, 0.15) is 6.42 Å². The SMILES string of the molecule is COC1CCN(c2c(N)cccc2Cl)C1. The Bertz CT molecular complexity index is 336. The molecule has 0 aliphatic carbocycles. The predicted molar refractivity (Wildman–Crippen MR) is 63.5 cm³/mol. The van der Waals surface area contributed by atoms with E-state index in [9.17, 15) is 0 Å². The Morgan fingerprint density at radius 2 is 2.33 bits per heavy atom. The molecule has 0 bridgehead atoms. The quantitative estimate of drug-likeness (QED) is 0.786. The van der Waals surface area contributed by atoms with Crippen LogP contribution < -0.4 is 10.6 Å². The second-order valence-corrected chi connectivity index (χ2v) is 4.18. The lowest BCUT2D eigenvalue weighted by molar-refractivity contribution is 0.121. The topological polar surface area (TPSA) is 38.5 Å². The third-order valence-electron chi connectivity index (χ3n) is 2.81. The summed E-state index contributed by atoms with van der Waals surface area (Å²) in [7, 11) is 1.74. The number of halogens is 1. The molecule has 3 nitrogen and oxygen atoms in total. The number of nitrogens with two attached hydrogens (primary N) is 1.